The predicted octanol–water partition coefficient (Wildman–Crippen LogP) is 5.13. The van der Waals surface area contributed by atoms with Gasteiger partial charge in [0.15, 0.2) is 0 Å². The molecule has 0 aliphatic carbocycles. The highest BCUT2D eigenvalue weighted by Gasteiger charge is 2.09. The van der Waals surface area contributed by atoms with Gasteiger partial charge in [-0.3, -0.25) is 4.79 Å². The Morgan fingerprint density at radius 1 is 0.897 bits per heavy atom. The molecule has 2 N–H and O–H groups in total. The molecule has 3 aromatic rings. The van der Waals surface area contributed by atoms with Crippen LogP contribution in [0.15, 0.2) is 66.7 Å². The molecule has 0 heterocycles. The number of carbonyl (C=O) groups excluding carboxylic acids is 1. The van der Waals surface area contributed by atoms with Gasteiger partial charge in [-0.25, -0.2) is 0 Å². The van der Waals surface area contributed by atoms with Gasteiger partial charge in [0.2, 0.25) is 0 Å². The van der Waals surface area contributed by atoms with Gasteiger partial charge in [-0.05, 0) is 35.7 Å². The standard InChI is InChI=1S/C24H26N2O3/c1-4-18-9-5-6-11-23(18)25-16-17-8-7-10-19(12-17)24(27)26-20-13-21(28-2)15-22(14-20)29-3/h5-15,25H,4,16H2,1-3H3,(H,26,27). The smallest absolute Gasteiger partial charge is 0.255 e. The van der Waals surface area contributed by atoms with Crippen LogP contribution >= 0.6 is 0 Å². The average molecular weight is 390 g/mol. The van der Waals surface area contributed by atoms with Crippen LogP contribution in [0, 0.1) is 0 Å². The van der Waals surface area contributed by atoms with Gasteiger partial charge in [0.1, 0.15) is 11.5 Å². The minimum absolute atomic E-state index is 0.184. The Morgan fingerprint density at radius 2 is 1.62 bits per heavy atom. The number of hydrogen-bond acceptors (Lipinski definition) is 4. The molecule has 0 unspecified atom stereocenters. The van der Waals surface area contributed by atoms with E-state index in [0.717, 1.165) is 17.7 Å². The first-order valence-corrected chi connectivity index (χ1v) is 9.58. The van der Waals surface area contributed by atoms with Crippen LogP contribution in [0.1, 0.15) is 28.4 Å². The van der Waals surface area contributed by atoms with Crippen molar-refractivity contribution >= 4 is 17.3 Å². The van der Waals surface area contributed by atoms with Gasteiger partial charge in [0.05, 0.1) is 14.2 Å². The molecule has 0 radical (unpaired) electrons. The highest BCUT2D eigenvalue weighted by molar-refractivity contribution is 6.04. The highest BCUT2D eigenvalue weighted by atomic mass is 16.5. The first-order chi connectivity index (χ1) is 14.1. The van der Waals surface area contributed by atoms with E-state index in [-0.39, 0.29) is 5.91 Å². The van der Waals surface area contributed by atoms with Crippen molar-refractivity contribution in [1.29, 1.82) is 0 Å². The van der Waals surface area contributed by atoms with Gasteiger partial charge in [-0.15, -0.1) is 0 Å². The molecule has 5 heteroatoms. The van der Waals surface area contributed by atoms with Crippen molar-refractivity contribution < 1.29 is 14.3 Å². The lowest BCUT2D eigenvalue weighted by Gasteiger charge is -2.12. The number of aryl methyl sites for hydroxylation is 1. The summed E-state index contributed by atoms with van der Waals surface area (Å²) in [6.45, 7) is 2.78. The minimum atomic E-state index is -0.184. The molecule has 29 heavy (non-hydrogen) atoms. The van der Waals surface area contributed by atoms with Gasteiger partial charge in [-0.2, -0.15) is 0 Å². The van der Waals surface area contributed by atoms with E-state index in [0.29, 0.717) is 29.3 Å². The number of ether oxygens (including phenoxy) is 2. The maximum absolute atomic E-state index is 12.7. The van der Waals surface area contributed by atoms with Crippen LogP contribution in [0.2, 0.25) is 0 Å². The summed E-state index contributed by atoms with van der Waals surface area (Å²) in [5.41, 5.74) is 4.63. The second-order valence-electron chi connectivity index (χ2n) is 6.62. The van der Waals surface area contributed by atoms with E-state index in [2.05, 4.69) is 29.7 Å². The van der Waals surface area contributed by atoms with E-state index in [9.17, 15) is 4.79 Å². The van der Waals surface area contributed by atoms with Crippen LogP contribution in [0.4, 0.5) is 11.4 Å². The quantitative estimate of drug-likeness (QED) is 0.560. The normalized spacial score (nSPS) is 10.3. The number of carbonyl (C=O) groups is 1. The van der Waals surface area contributed by atoms with E-state index >= 15 is 0 Å². The first kappa shape index (κ1) is 20.3. The van der Waals surface area contributed by atoms with E-state index in [1.54, 1.807) is 38.5 Å². The van der Waals surface area contributed by atoms with Crippen molar-refractivity contribution in [3.8, 4) is 11.5 Å². The highest BCUT2D eigenvalue weighted by Crippen LogP contribution is 2.26. The van der Waals surface area contributed by atoms with Crippen LogP contribution in [-0.2, 0) is 13.0 Å². The van der Waals surface area contributed by atoms with Gasteiger partial charge < -0.3 is 20.1 Å². The predicted molar refractivity (Wildman–Crippen MR) is 117 cm³/mol. The van der Waals surface area contributed by atoms with E-state index in [1.807, 2.05) is 30.3 Å². The molecule has 0 spiro atoms. The van der Waals surface area contributed by atoms with Crippen molar-refractivity contribution in [1.82, 2.24) is 0 Å². The molecule has 0 bridgehead atoms. The summed E-state index contributed by atoms with van der Waals surface area (Å²) in [4.78, 5) is 12.7. The largest absolute Gasteiger partial charge is 0.497 e. The van der Waals surface area contributed by atoms with Gasteiger partial charge in [0, 0.05) is 41.7 Å². The Morgan fingerprint density at radius 3 is 2.31 bits per heavy atom. The Labute approximate surface area is 171 Å². The molecule has 3 aromatic carbocycles. The fourth-order valence-electron chi connectivity index (χ4n) is 3.10. The summed E-state index contributed by atoms with van der Waals surface area (Å²) < 4.78 is 10.5. The third-order valence-electron chi connectivity index (χ3n) is 4.68. The zero-order chi connectivity index (χ0) is 20.6. The van der Waals surface area contributed by atoms with Crippen LogP contribution < -0.4 is 20.1 Å². The van der Waals surface area contributed by atoms with Crippen molar-refractivity contribution in [3.05, 3.63) is 83.4 Å². The summed E-state index contributed by atoms with van der Waals surface area (Å²) in [6, 6.07) is 21.1. The lowest BCUT2D eigenvalue weighted by molar-refractivity contribution is 0.102. The first-order valence-electron chi connectivity index (χ1n) is 9.58. The monoisotopic (exact) mass is 390 g/mol. The molecule has 0 aromatic heterocycles. The third-order valence-corrected chi connectivity index (χ3v) is 4.68. The Kier molecular flexibility index (Phi) is 6.74. The molecule has 0 fully saturated rings. The molecular formula is C24H26N2O3. The van der Waals surface area contributed by atoms with Crippen molar-refractivity contribution in [3.63, 3.8) is 0 Å². The lowest BCUT2D eigenvalue weighted by Crippen LogP contribution is -2.13. The van der Waals surface area contributed by atoms with Crippen LogP contribution in [0.5, 0.6) is 11.5 Å². The third kappa shape index (κ3) is 5.29. The van der Waals surface area contributed by atoms with Crippen molar-refractivity contribution in [2.24, 2.45) is 0 Å². The molecule has 0 aliphatic rings. The molecule has 0 saturated carbocycles. The van der Waals surface area contributed by atoms with Crippen LogP contribution in [-0.4, -0.2) is 20.1 Å². The SMILES string of the molecule is CCc1ccccc1NCc1cccc(C(=O)Nc2cc(OC)cc(OC)c2)c1. The number of amides is 1. The molecule has 0 aliphatic heterocycles. The fourth-order valence-corrected chi connectivity index (χ4v) is 3.10. The molecule has 0 saturated heterocycles. The minimum Gasteiger partial charge on any atom is -0.497 e. The van der Waals surface area contributed by atoms with Gasteiger partial charge in [0.25, 0.3) is 5.91 Å². The molecule has 150 valence electrons. The molecule has 0 atom stereocenters. The second-order valence-corrected chi connectivity index (χ2v) is 6.62. The van der Waals surface area contributed by atoms with Gasteiger partial charge >= 0.3 is 0 Å². The number of nitrogens with one attached hydrogen (secondary N) is 2. The summed E-state index contributed by atoms with van der Waals surface area (Å²) >= 11 is 0. The molecule has 5 nitrogen and oxygen atoms in total. The zero-order valence-corrected chi connectivity index (χ0v) is 17.0. The van der Waals surface area contributed by atoms with E-state index in [1.165, 1.54) is 5.56 Å². The number of para-hydroxylation sites is 1. The number of methoxy groups -OCH3 is 2. The lowest BCUT2D eigenvalue weighted by atomic mass is 10.1. The fraction of sp³-hybridized carbons (Fsp3) is 0.208. The van der Waals surface area contributed by atoms with Gasteiger partial charge in [-0.1, -0.05) is 37.3 Å². The molecule has 1 amide bonds. The Balaban J connectivity index is 1.71. The molecular weight excluding hydrogens is 364 g/mol. The Hall–Kier alpha value is -3.47. The number of anilines is 2. The van der Waals surface area contributed by atoms with E-state index in [4.69, 9.17) is 9.47 Å². The van der Waals surface area contributed by atoms with E-state index < -0.39 is 0 Å². The number of benzene rings is 3. The number of rotatable bonds is 8. The second kappa shape index (κ2) is 9.64. The van der Waals surface area contributed by atoms with Crippen LogP contribution in [0.3, 0.4) is 0 Å². The maximum Gasteiger partial charge on any atom is 0.255 e. The number of hydrogen-bond donors (Lipinski definition) is 2. The van der Waals surface area contributed by atoms with Crippen molar-refractivity contribution in [2.45, 2.75) is 19.9 Å². The summed E-state index contributed by atoms with van der Waals surface area (Å²) in [5, 5.41) is 6.37. The summed E-state index contributed by atoms with van der Waals surface area (Å²) in [5.74, 6) is 1.05. The maximum atomic E-state index is 12.7. The zero-order valence-electron chi connectivity index (χ0n) is 17.0. The average Bonchev–Trinajstić information content (AvgIpc) is 2.77. The molecule has 3 rings (SSSR count). The van der Waals surface area contributed by atoms with Crippen LogP contribution in [0.25, 0.3) is 0 Å². The topological polar surface area (TPSA) is 59.6 Å². The Bertz CT molecular complexity index is 963. The summed E-state index contributed by atoms with van der Waals surface area (Å²) in [6.07, 6.45) is 0.968. The summed E-state index contributed by atoms with van der Waals surface area (Å²) in [7, 11) is 3.15. The van der Waals surface area contributed by atoms with Crippen molar-refractivity contribution in [2.75, 3.05) is 24.9 Å².